The number of hydrogen-bond acceptors (Lipinski definition) is 6. The molecule has 0 fully saturated rings. The second-order valence-electron chi connectivity index (χ2n) is 5.50. The lowest BCUT2D eigenvalue weighted by atomic mass is 10.1. The van der Waals surface area contributed by atoms with E-state index in [0.717, 1.165) is 5.52 Å². The Balaban J connectivity index is 1.76. The van der Waals surface area contributed by atoms with Crippen molar-refractivity contribution in [2.45, 2.75) is 26.0 Å². The molecule has 0 amide bonds. The number of hydrogen-bond donors (Lipinski definition) is 1. The van der Waals surface area contributed by atoms with Gasteiger partial charge in [-0.05, 0) is 38.5 Å². The van der Waals surface area contributed by atoms with Crippen LogP contribution in [-0.2, 0) is 4.74 Å². The Bertz CT molecular complexity index is 909. The summed E-state index contributed by atoms with van der Waals surface area (Å²) in [5.41, 5.74) is 3.57. The Kier molecular flexibility index (Phi) is 4.94. The molecule has 6 nitrogen and oxygen atoms in total. The van der Waals surface area contributed by atoms with Crippen LogP contribution in [0.1, 0.15) is 39.0 Å². The lowest BCUT2D eigenvalue weighted by molar-refractivity contribution is 0.0519. The van der Waals surface area contributed by atoms with E-state index in [1.807, 2.05) is 24.3 Å². The van der Waals surface area contributed by atoms with Gasteiger partial charge in [0.05, 0.1) is 12.4 Å². The highest BCUT2D eigenvalue weighted by Crippen LogP contribution is 2.26. The summed E-state index contributed by atoms with van der Waals surface area (Å²) < 4.78 is 10.6. The molecular formula is C18H18N2O4S. The average Bonchev–Trinajstić information content (AvgIpc) is 3.13. The molecule has 2 heterocycles. The van der Waals surface area contributed by atoms with Crippen molar-refractivity contribution in [1.29, 1.82) is 0 Å². The first-order valence-corrected chi connectivity index (χ1v) is 8.87. The van der Waals surface area contributed by atoms with Gasteiger partial charge in [-0.1, -0.05) is 23.9 Å². The van der Waals surface area contributed by atoms with E-state index in [2.05, 4.69) is 9.97 Å². The van der Waals surface area contributed by atoms with E-state index in [-0.39, 0.29) is 18.1 Å². The van der Waals surface area contributed by atoms with E-state index in [4.69, 9.17) is 9.15 Å². The van der Waals surface area contributed by atoms with Gasteiger partial charge in [-0.15, -0.1) is 0 Å². The van der Waals surface area contributed by atoms with E-state index < -0.39 is 5.97 Å². The van der Waals surface area contributed by atoms with Crippen LogP contribution in [0.4, 0.5) is 0 Å². The number of aryl methyl sites for hydroxylation is 1. The fourth-order valence-corrected chi connectivity index (χ4v) is 3.40. The number of aromatic nitrogens is 2. The summed E-state index contributed by atoms with van der Waals surface area (Å²) >= 11 is 1.24. The third-order valence-electron chi connectivity index (χ3n) is 3.80. The van der Waals surface area contributed by atoms with Crippen molar-refractivity contribution in [3.8, 4) is 0 Å². The van der Waals surface area contributed by atoms with Crippen molar-refractivity contribution in [2.75, 3.05) is 12.4 Å². The minimum Gasteiger partial charge on any atom is -0.461 e. The van der Waals surface area contributed by atoms with Gasteiger partial charge in [0.1, 0.15) is 11.2 Å². The zero-order chi connectivity index (χ0) is 18.0. The molecule has 0 unspecified atom stereocenters. The molecule has 7 heteroatoms. The summed E-state index contributed by atoms with van der Waals surface area (Å²) in [6.07, 6.45) is 0. The van der Waals surface area contributed by atoms with Gasteiger partial charge in [0, 0.05) is 11.3 Å². The third kappa shape index (κ3) is 3.46. The van der Waals surface area contributed by atoms with Crippen LogP contribution < -0.4 is 0 Å². The average molecular weight is 358 g/mol. The Labute approximate surface area is 149 Å². The number of esters is 1. The number of rotatable bonds is 6. The van der Waals surface area contributed by atoms with Crippen molar-refractivity contribution in [3.63, 3.8) is 0 Å². The molecule has 0 bridgehead atoms. The number of nitrogens with one attached hydrogen (secondary N) is 1. The molecule has 3 rings (SSSR count). The summed E-state index contributed by atoms with van der Waals surface area (Å²) in [5, 5.41) is 0.450. The number of oxazole rings is 1. The van der Waals surface area contributed by atoms with Crippen LogP contribution in [0, 0.1) is 13.8 Å². The van der Waals surface area contributed by atoms with E-state index in [1.165, 1.54) is 11.8 Å². The van der Waals surface area contributed by atoms with Crippen molar-refractivity contribution in [1.82, 2.24) is 9.97 Å². The number of Topliss-reactive ketones (excluding diaryl/α,β-unsaturated/α-hetero) is 1. The molecule has 0 radical (unpaired) electrons. The fraction of sp³-hybridized carbons (Fsp3) is 0.278. The summed E-state index contributed by atoms with van der Waals surface area (Å²) in [7, 11) is 0. The Morgan fingerprint density at radius 3 is 2.76 bits per heavy atom. The lowest BCUT2D eigenvalue weighted by Crippen LogP contribution is -2.08. The van der Waals surface area contributed by atoms with E-state index in [9.17, 15) is 9.59 Å². The van der Waals surface area contributed by atoms with Gasteiger partial charge in [0.2, 0.25) is 0 Å². The summed E-state index contributed by atoms with van der Waals surface area (Å²) in [5.74, 6) is -0.364. The first kappa shape index (κ1) is 17.3. The molecule has 3 aromatic rings. The summed E-state index contributed by atoms with van der Waals surface area (Å²) in [4.78, 5) is 31.8. The number of fused-ring (bicyclic) bond motifs is 1. The standard InChI is InChI=1S/C18H18N2O4S/c1-4-23-17(22)16-10(2)15(11(3)19-16)13(21)9-25-18-20-12-7-5-6-8-14(12)24-18/h5-8,19H,4,9H2,1-3H3. The van der Waals surface area contributed by atoms with Crippen LogP contribution in [0.2, 0.25) is 0 Å². The van der Waals surface area contributed by atoms with Crippen molar-refractivity contribution in [3.05, 3.63) is 46.8 Å². The highest BCUT2D eigenvalue weighted by Gasteiger charge is 2.23. The quantitative estimate of drug-likeness (QED) is 0.408. The second kappa shape index (κ2) is 7.14. The molecule has 0 saturated carbocycles. The predicted octanol–water partition coefficient (Wildman–Crippen LogP) is 3.92. The van der Waals surface area contributed by atoms with E-state index in [0.29, 0.717) is 33.3 Å². The Morgan fingerprint density at radius 2 is 2.04 bits per heavy atom. The van der Waals surface area contributed by atoms with Gasteiger partial charge >= 0.3 is 5.97 Å². The number of thioether (sulfide) groups is 1. The molecular weight excluding hydrogens is 340 g/mol. The number of H-pyrrole nitrogens is 1. The SMILES string of the molecule is CCOC(=O)c1[nH]c(C)c(C(=O)CSc2nc3ccccc3o2)c1C. The van der Waals surface area contributed by atoms with E-state index in [1.54, 1.807) is 20.8 Å². The molecule has 1 N–H and O–H groups in total. The second-order valence-corrected chi connectivity index (χ2v) is 6.43. The maximum absolute atomic E-state index is 12.6. The minimum atomic E-state index is -0.450. The molecule has 0 saturated heterocycles. The van der Waals surface area contributed by atoms with Gasteiger partial charge in [0.25, 0.3) is 5.22 Å². The van der Waals surface area contributed by atoms with Crippen molar-refractivity contribution < 1.29 is 18.7 Å². The smallest absolute Gasteiger partial charge is 0.355 e. The predicted molar refractivity (Wildman–Crippen MR) is 95.3 cm³/mol. The number of aromatic amines is 1. The first-order chi connectivity index (χ1) is 12.0. The van der Waals surface area contributed by atoms with Gasteiger partial charge in [0.15, 0.2) is 11.4 Å². The van der Waals surface area contributed by atoms with Crippen molar-refractivity contribution >= 4 is 34.6 Å². The molecule has 2 aromatic heterocycles. The molecule has 0 aliphatic rings. The lowest BCUT2D eigenvalue weighted by Gasteiger charge is -2.02. The molecule has 0 aliphatic heterocycles. The van der Waals surface area contributed by atoms with Gasteiger partial charge < -0.3 is 14.1 Å². The van der Waals surface area contributed by atoms with Crippen LogP contribution in [0.15, 0.2) is 33.9 Å². The molecule has 0 spiro atoms. The molecule has 25 heavy (non-hydrogen) atoms. The number of ketones is 1. The Hall–Kier alpha value is -2.54. The maximum Gasteiger partial charge on any atom is 0.355 e. The monoisotopic (exact) mass is 358 g/mol. The third-order valence-corrected chi connectivity index (χ3v) is 4.62. The van der Waals surface area contributed by atoms with Gasteiger partial charge in [-0.25, -0.2) is 9.78 Å². The van der Waals surface area contributed by atoms with E-state index >= 15 is 0 Å². The van der Waals surface area contributed by atoms with Crippen LogP contribution >= 0.6 is 11.8 Å². The topological polar surface area (TPSA) is 85.2 Å². The summed E-state index contributed by atoms with van der Waals surface area (Å²) in [6.45, 7) is 5.54. The van der Waals surface area contributed by atoms with Crippen LogP contribution in [-0.4, -0.2) is 34.1 Å². The zero-order valence-electron chi connectivity index (χ0n) is 14.2. The molecule has 0 atom stereocenters. The Morgan fingerprint density at radius 1 is 1.28 bits per heavy atom. The van der Waals surface area contributed by atoms with Crippen LogP contribution in [0.25, 0.3) is 11.1 Å². The fourth-order valence-electron chi connectivity index (χ4n) is 2.69. The summed E-state index contributed by atoms with van der Waals surface area (Å²) in [6, 6.07) is 7.45. The first-order valence-electron chi connectivity index (χ1n) is 7.89. The largest absolute Gasteiger partial charge is 0.461 e. The minimum absolute atomic E-state index is 0.0888. The van der Waals surface area contributed by atoms with Crippen molar-refractivity contribution in [2.24, 2.45) is 0 Å². The van der Waals surface area contributed by atoms with Gasteiger partial charge in [-0.2, -0.15) is 0 Å². The molecule has 1 aromatic carbocycles. The molecule has 130 valence electrons. The highest BCUT2D eigenvalue weighted by atomic mass is 32.2. The number of carbonyl (C=O) groups is 2. The maximum atomic E-state index is 12.6. The normalized spacial score (nSPS) is 11.0. The van der Waals surface area contributed by atoms with Crippen LogP contribution in [0.3, 0.4) is 0 Å². The number of nitrogens with zero attached hydrogens (tertiary/aromatic N) is 1. The van der Waals surface area contributed by atoms with Gasteiger partial charge in [-0.3, -0.25) is 4.79 Å². The highest BCUT2D eigenvalue weighted by molar-refractivity contribution is 7.99. The number of benzene rings is 1. The number of carbonyl (C=O) groups excluding carboxylic acids is 2. The number of para-hydroxylation sites is 2. The number of ether oxygens (including phenoxy) is 1. The molecule has 0 aliphatic carbocycles. The van der Waals surface area contributed by atoms with Crippen LogP contribution in [0.5, 0.6) is 0 Å². The zero-order valence-corrected chi connectivity index (χ0v) is 15.0.